The van der Waals surface area contributed by atoms with Crippen LogP contribution in [0.2, 0.25) is 0 Å². The summed E-state index contributed by atoms with van der Waals surface area (Å²) in [6.45, 7) is 0. The van der Waals surface area contributed by atoms with E-state index in [0.717, 1.165) is 5.56 Å². The summed E-state index contributed by atoms with van der Waals surface area (Å²) >= 11 is 6.24. The Balaban J connectivity index is 0.00000320. The standard InChI is InChI=1S/C20H19FN2O4S2.ClH/c1-26-19(25)15(22)9-11-2-5-13(6-3-11)27-16-7-4-12(8-14(16)21)10-17-18(24)23-20(28)29-17;/h2-8,15,17H,9-10,22H2,1H3,(H,23,24,28);1H/t15-,17?;/m0./s1. The zero-order chi connectivity index (χ0) is 21.0. The number of hydrogen-bond acceptors (Lipinski definition) is 7. The first-order valence-corrected chi connectivity index (χ1v) is 10.0. The highest BCUT2D eigenvalue weighted by molar-refractivity contribution is 8.24. The molecule has 0 saturated carbocycles. The van der Waals surface area contributed by atoms with Crippen molar-refractivity contribution in [1.82, 2.24) is 5.32 Å². The summed E-state index contributed by atoms with van der Waals surface area (Å²) in [5.74, 6) is -0.643. The van der Waals surface area contributed by atoms with Crippen LogP contribution >= 0.6 is 36.4 Å². The number of rotatable bonds is 7. The van der Waals surface area contributed by atoms with Gasteiger partial charge in [0.2, 0.25) is 5.91 Å². The Labute approximate surface area is 189 Å². The van der Waals surface area contributed by atoms with E-state index >= 15 is 0 Å². The van der Waals surface area contributed by atoms with E-state index in [1.54, 1.807) is 30.3 Å². The van der Waals surface area contributed by atoms with E-state index in [-0.39, 0.29) is 29.3 Å². The summed E-state index contributed by atoms with van der Waals surface area (Å²) < 4.78 is 25.1. The molecule has 0 radical (unpaired) electrons. The SMILES string of the molecule is COC(=O)[C@@H](N)Cc1ccc(Oc2ccc(CC3SC(=S)NC3=O)cc2F)cc1.Cl. The van der Waals surface area contributed by atoms with Gasteiger partial charge in [0.1, 0.15) is 16.1 Å². The van der Waals surface area contributed by atoms with Crippen molar-refractivity contribution in [3.63, 3.8) is 0 Å². The molecule has 0 aromatic heterocycles. The van der Waals surface area contributed by atoms with Crippen molar-refractivity contribution in [2.45, 2.75) is 24.1 Å². The molecule has 1 heterocycles. The van der Waals surface area contributed by atoms with Gasteiger partial charge in [-0.3, -0.25) is 9.59 Å². The Morgan fingerprint density at radius 1 is 1.27 bits per heavy atom. The summed E-state index contributed by atoms with van der Waals surface area (Å²) in [5, 5.41) is 2.23. The van der Waals surface area contributed by atoms with Gasteiger partial charge in [0.05, 0.1) is 12.4 Å². The third-order valence-corrected chi connectivity index (χ3v) is 5.67. The van der Waals surface area contributed by atoms with Crippen LogP contribution in [0.3, 0.4) is 0 Å². The van der Waals surface area contributed by atoms with Gasteiger partial charge < -0.3 is 20.5 Å². The normalized spacial score (nSPS) is 16.4. The molecular weight excluding hydrogens is 451 g/mol. The minimum absolute atomic E-state index is 0. The van der Waals surface area contributed by atoms with E-state index in [9.17, 15) is 14.0 Å². The van der Waals surface area contributed by atoms with Crippen molar-refractivity contribution in [2.24, 2.45) is 5.73 Å². The summed E-state index contributed by atoms with van der Waals surface area (Å²) in [5.41, 5.74) is 7.25. The van der Waals surface area contributed by atoms with Crippen molar-refractivity contribution in [1.29, 1.82) is 0 Å². The van der Waals surface area contributed by atoms with Gasteiger partial charge in [-0.25, -0.2) is 4.39 Å². The van der Waals surface area contributed by atoms with Crippen molar-refractivity contribution in [3.05, 3.63) is 59.4 Å². The topological polar surface area (TPSA) is 90.7 Å². The lowest BCUT2D eigenvalue weighted by Crippen LogP contribution is -2.33. The fraction of sp³-hybridized carbons (Fsp3) is 0.250. The van der Waals surface area contributed by atoms with E-state index in [4.69, 9.17) is 22.7 Å². The van der Waals surface area contributed by atoms with Crippen molar-refractivity contribution >= 4 is 52.6 Å². The zero-order valence-electron chi connectivity index (χ0n) is 15.9. The minimum atomic E-state index is -0.744. The number of methoxy groups -OCH3 is 1. The fourth-order valence-corrected chi connectivity index (χ4v) is 4.11. The van der Waals surface area contributed by atoms with Gasteiger partial charge in [0, 0.05) is 0 Å². The average Bonchev–Trinajstić information content (AvgIpc) is 3.01. The number of amides is 1. The molecule has 10 heteroatoms. The average molecular weight is 471 g/mol. The number of thiocarbonyl (C=S) groups is 1. The number of halogens is 2. The van der Waals surface area contributed by atoms with E-state index in [1.165, 1.54) is 31.0 Å². The van der Waals surface area contributed by atoms with Gasteiger partial charge in [-0.15, -0.1) is 12.4 Å². The number of benzene rings is 2. The summed E-state index contributed by atoms with van der Waals surface area (Å²) in [6.07, 6.45) is 0.704. The van der Waals surface area contributed by atoms with Crippen LogP contribution in [0.4, 0.5) is 4.39 Å². The maximum Gasteiger partial charge on any atom is 0.322 e. The molecule has 1 aliphatic heterocycles. The Morgan fingerprint density at radius 3 is 2.50 bits per heavy atom. The quantitative estimate of drug-likeness (QED) is 0.474. The lowest BCUT2D eigenvalue weighted by molar-refractivity contribution is -0.142. The molecule has 2 aromatic carbocycles. The Morgan fingerprint density at radius 2 is 1.93 bits per heavy atom. The largest absolute Gasteiger partial charge is 0.468 e. The minimum Gasteiger partial charge on any atom is -0.468 e. The van der Waals surface area contributed by atoms with Crippen LogP contribution in [0.25, 0.3) is 0 Å². The first-order chi connectivity index (χ1) is 13.9. The highest BCUT2D eigenvalue weighted by atomic mass is 35.5. The second-order valence-corrected chi connectivity index (χ2v) is 8.31. The van der Waals surface area contributed by atoms with Gasteiger partial charge >= 0.3 is 5.97 Å². The Hall–Kier alpha value is -2.20. The number of hydrogen-bond donors (Lipinski definition) is 2. The molecule has 0 spiro atoms. The monoisotopic (exact) mass is 470 g/mol. The molecule has 1 saturated heterocycles. The Bertz CT molecular complexity index is 943. The molecule has 3 N–H and O–H groups in total. The molecule has 0 aliphatic carbocycles. The van der Waals surface area contributed by atoms with Crippen LogP contribution in [0.15, 0.2) is 42.5 Å². The van der Waals surface area contributed by atoms with Crippen LogP contribution in [0, 0.1) is 5.82 Å². The van der Waals surface area contributed by atoms with E-state index in [1.807, 2.05) is 0 Å². The maximum atomic E-state index is 14.4. The third kappa shape index (κ3) is 6.15. The number of ether oxygens (including phenoxy) is 2. The summed E-state index contributed by atoms with van der Waals surface area (Å²) in [4.78, 5) is 23.1. The van der Waals surface area contributed by atoms with Gasteiger partial charge in [-0.1, -0.05) is 42.2 Å². The van der Waals surface area contributed by atoms with Crippen LogP contribution in [-0.4, -0.2) is 34.6 Å². The molecule has 1 fully saturated rings. The lowest BCUT2D eigenvalue weighted by Gasteiger charge is -2.11. The van der Waals surface area contributed by atoms with Crippen LogP contribution in [-0.2, 0) is 27.2 Å². The molecule has 160 valence electrons. The molecule has 30 heavy (non-hydrogen) atoms. The molecule has 2 atom stereocenters. The van der Waals surface area contributed by atoms with Crippen molar-refractivity contribution < 1.29 is 23.5 Å². The van der Waals surface area contributed by atoms with Crippen LogP contribution in [0.1, 0.15) is 11.1 Å². The van der Waals surface area contributed by atoms with E-state index in [2.05, 4.69) is 10.1 Å². The second-order valence-electron chi connectivity index (χ2n) is 6.43. The number of nitrogens with one attached hydrogen (secondary N) is 1. The smallest absolute Gasteiger partial charge is 0.322 e. The predicted molar refractivity (Wildman–Crippen MR) is 120 cm³/mol. The highest BCUT2D eigenvalue weighted by Crippen LogP contribution is 2.28. The molecule has 6 nitrogen and oxygen atoms in total. The molecule has 2 aromatic rings. The van der Waals surface area contributed by atoms with Gasteiger partial charge in [-0.05, 0) is 48.2 Å². The number of thioether (sulfide) groups is 1. The lowest BCUT2D eigenvalue weighted by atomic mass is 10.1. The number of esters is 1. The van der Waals surface area contributed by atoms with Crippen molar-refractivity contribution in [2.75, 3.05) is 7.11 Å². The van der Waals surface area contributed by atoms with Gasteiger partial charge in [0.25, 0.3) is 0 Å². The molecule has 1 amide bonds. The third-order valence-electron chi connectivity index (χ3n) is 4.30. The summed E-state index contributed by atoms with van der Waals surface area (Å²) in [6, 6.07) is 10.7. The van der Waals surface area contributed by atoms with Crippen molar-refractivity contribution in [3.8, 4) is 11.5 Å². The second kappa shape index (κ2) is 10.7. The van der Waals surface area contributed by atoms with Crippen LogP contribution < -0.4 is 15.8 Å². The molecular formula is C20H20ClFN2O4S2. The highest BCUT2D eigenvalue weighted by Gasteiger charge is 2.29. The number of carbonyl (C=O) groups is 2. The van der Waals surface area contributed by atoms with Crippen LogP contribution in [0.5, 0.6) is 11.5 Å². The maximum absolute atomic E-state index is 14.4. The first-order valence-electron chi connectivity index (χ1n) is 8.76. The molecule has 0 bridgehead atoms. The molecule has 1 aliphatic rings. The molecule has 3 rings (SSSR count). The fourth-order valence-electron chi connectivity index (χ4n) is 2.80. The Kier molecular flexibility index (Phi) is 8.60. The van der Waals surface area contributed by atoms with Gasteiger partial charge in [-0.2, -0.15) is 0 Å². The molecule has 1 unspecified atom stereocenters. The zero-order valence-corrected chi connectivity index (χ0v) is 18.4. The summed E-state index contributed by atoms with van der Waals surface area (Å²) in [7, 11) is 1.29. The van der Waals surface area contributed by atoms with E-state index in [0.29, 0.717) is 28.5 Å². The number of nitrogens with two attached hydrogens (primary N) is 1. The van der Waals surface area contributed by atoms with E-state index < -0.39 is 17.8 Å². The number of carbonyl (C=O) groups excluding carboxylic acids is 2. The van der Waals surface area contributed by atoms with Gasteiger partial charge in [0.15, 0.2) is 11.6 Å². The first kappa shape index (κ1) is 24.1. The predicted octanol–water partition coefficient (Wildman–Crippen LogP) is 3.14.